The third kappa shape index (κ3) is 4.63. The summed E-state index contributed by atoms with van der Waals surface area (Å²) in [4.78, 5) is 3.53. The Kier molecular flexibility index (Phi) is 7.03. The molecule has 26 heavy (non-hydrogen) atoms. The zero-order valence-corrected chi connectivity index (χ0v) is 16.7. The minimum Gasteiger partial charge on any atom is -0.493 e. The maximum atomic E-state index is 5.50. The number of piperazine rings is 1. The summed E-state index contributed by atoms with van der Waals surface area (Å²) in [5.41, 5.74) is 1.26. The third-order valence-corrected chi connectivity index (χ3v) is 6.21. The highest BCUT2D eigenvalue weighted by Crippen LogP contribution is 2.37. The summed E-state index contributed by atoms with van der Waals surface area (Å²) in [5, 5.41) is 0. The molecule has 1 saturated carbocycles. The lowest BCUT2D eigenvalue weighted by Gasteiger charge is -2.34. The van der Waals surface area contributed by atoms with Crippen molar-refractivity contribution in [1.82, 2.24) is 0 Å². The van der Waals surface area contributed by atoms with E-state index < -0.39 is 0 Å². The molecule has 5 heteroatoms. The monoisotopic (exact) mass is 364 g/mol. The molecule has 0 radical (unpaired) electrons. The minimum absolute atomic E-state index is 0.677. The number of hydrogen-bond donors (Lipinski definition) is 2. The fraction of sp³-hybridized carbons (Fsp3) is 0.714. The Hall–Kier alpha value is -1.46. The maximum Gasteiger partial charge on any atom is 0.203 e. The van der Waals surface area contributed by atoms with Gasteiger partial charge >= 0.3 is 0 Å². The van der Waals surface area contributed by atoms with E-state index in [1.807, 2.05) is 4.90 Å². The molecule has 0 aromatic heterocycles. The van der Waals surface area contributed by atoms with Crippen LogP contribution in [0.25, 0.3) is 0 Å². The van der Waals surface area contributed by atoms with Gasteiger partial charge in [0.1, 0.15) is 32.7 Å². The highest BCUT2D eigenvalue weighted by Gasteiger charge is 2.30. The standard InChI is InChI=1S/C21H34N2O3/c1-24-19-14-17(15-20(25-2)21(19)26-3)16-22-10-12-23(13-11-22)18-8-6-4-5-7-9-18/h14-15,18H,4-13,16H2,1-3H3/p+2. The van der Waals surface area contributed by atoms with Crippen LogP contribution >= 0.6 is 0 Å². The van der Waals surface area contributed by atoms with Crippen LogP contribution in [0.2, 0.25) is 0 Å². The Balaban J connectivity index is 1.59. The SMILES string of the molecule is COc1cc(C[NH+]2CC[NH+](C3CCCCCC3)CC2)cc(OC)c1OC. The molecule has 1 saturated heterocycles. The molecular formula is C21H36N2O3+2. The summed E-state index contributed by atoms with van der Waals surface area (Å²) in [6.45, 7) is 6.15. The van der Waals surface area contributed by atoms with Crippen LogP contribution < -0.4 is 24.0 Å². The average Bonchev–Trinajstić information content (AvgIpc) is 2.97. The third-order valence-electron chi connectivity index (χ3n) is 6.21. The van der Waals surface area contributed by atoms with Crippen LogP contribution in [-0.2, 0) is 6.54 Å². The molecule has 2 N–H and O–H groups in total. The van der Waals surface area contributed by atoms with Crippen LogP contribution in [0, 0.1) is 0 Å². The Morgan fingerprint density at radius 3 is 1.88 bits per heavy atom. The van der Waals surface area contributed by atoms with E-state index in [1.165, 1.54) is 70.3 Å². The molecule has 1 aromatic rings. The zero-order valence-electron chi connectivity index (χ0n) is 16.7. The molecule has 0 unspecified atom stereocenters. The minimum atomic E-state index is 0.677. The highest BCUT2D eigenvalue weighted by molar-refractivity contribution is 5.53. The molecule has 3 rings (SSSR count). The van der Waals surface area contributed by atoms with Crippen molar-refractivity contribution in [2.45, 2.75) is 51.1 Å². The van der Waals surface area contributed by atoms with Gasteiger partial charge in [-0.1, -0.05) is 12.8 Å². The lowest BCUT2D eigenvalue weighted by Crippen LogP contribution is -3.29. The van der Waals surface area contributed by atoms with E-state index in [9.17, 15) is 0 Å². The normalized spacial score (nSPS) is 24.7. The van der Waals surface area contributed by atoms with Gasteiger partial charge in [0.05, 0.1) is 27.4 Å². The second-order valence-electron chi connectivity index (χ2n) is 7.81. The molecular weight excluding hydrogens is 328 g/mol. The van der Waals surface area contributed by atoms with Crippen LogP contribution in [0.15, 0.2) is 12.1 Å². The van der Waals surface area contributed by atoms with E-state index in [-0.39, 0.29) is 0 Å². The quantitative estimate of drug-likeness (QED) is 0.731. The molecule has 5 nitrogen and oxygen atoms in total. The van der Waals surface area contributed by atoms with Gasteiger partial charge in [0.15, 0.2) is 11.5 Å². The van der Waals surface area contributed by atoms with Crippen molar-refractivity contribution in [3.05, 3.63) is 17.7 Å². The van der Waals surface area contributed by atoms with Crippen LogP contribution in [0.4, 0.5) is 0 Å². The first-order chi connectivity index (χ1) is 12.7. The van der Waals surface area contributed by atoms with Crippen LogP contribution in [-0.4, -0.2) is 53.6 Å². The van der Waals surface area contributed by atoms with Gasteiger partial charge in [-0.3, -0.25) is 0 Å². The highest BCUT2D eigenvalue weighted by atomic mass is 16.5. The van der Waals surface area contributed by atoms with Crippen molar-refractivity contribution < 1.29 is 24.0 Å². The Bertz CT molecular complexity index is 537. The van der Waals surface area contributed by atoms with Gasteiger partial charge in [0.25, 0.3) is 0 Å². The molecule has 0 amide bonds. The van der Waals surface area contributed by atoms with E-state index in [0.717, 1.165) is 24.1 Å². The second-order valence-corrected chi connectivity index (χ2v) is 7.81. The van der Waals surface area contributed by atoms with Gasteiger partial charge in [0.2, 0.25) is 5.75 Å². The first-order valence-corrected chi connectivity index (χ1v) is 10.2. The van der Waals surface area contributed by atoms with E-state index in [1.54, 1.807) is 26.2 Å². The number of ether oxygens (including phenoxy) is 3. The Morgan fingerprint density at radius 1 is 0.808 bits per heavy atom. The first-order valence-electron chi connectivity index (χ1n) is 10.2. The number of benzene rings is 1. The van der Waals surface area contributed by atoms with Gasteiger partial charge in [-0.25, -0.2) is 0 Å². The zero-order chi connectivity index (χ0) is 18.4. The number of methoxy groups -OCH3 is 3. The fourth-order valence-electron chi connectivity index (χ4n) is 4.72. The van der Waals surface area contributed by atoms with Crippen LogP contribution in [0.3, 0.4) is 0 Å². The largest absolute Gasteiger partial charge is 0.493 e. The Morgan fingerprint density at radius 2 is 1.38 bits per heavy atom. The van der Waals surface area contributed by atoms with Crippen molar-refractivity contribution in [1.29, 1.82) is 0 Å². The van der Waals surface area contributed by atoms with Crippen molar-refractivity contribution in [3.63, 3.8) is 0 Å². The van der Waals surface area contributed by atoms with Crippen LogP contribution in [0.5, 0.6) is 17.2 Å². The molecule has 0 atom stereocenters. The smallest absolute Gasteiger partial charge is 0.203 e. The molecule has 1 aliphatic heterocycles. The predicted molar refractivity (Wildman–Crippen MR) is 103 cm³/mol. The summed E-state index contributed by atoms with van der Waals surface area (Å²) < 4.78 is 16.4. The second kappa shape index (κ2) is 9.47. The molecule has 2 fully saturated rings. The molecule has 1 aromatic carbocycles. The molecule has 1 aliphatic carbocycles. The van der Waals surface area contributed by atoms with E-state index in [2.05, 4.69) is 12.1 Å². The molecule has 1 heterocycles. The van der Waals surface area contributed by atoms with Crippen molar-refractivity contribution >= 4 is 0 Å². The van der Waals surface area contributed by atoms with Gasteiger partial charge in [-0.05, 0) is 37.8 Å². The van der Waals surface area contributed by atoms with E-state index in [4.69, 9.17) is 14.2 Å². The lowest BCUT2D eigenvalue weighted by atomic mass is 10.1. The van der Waals surface area contributed by atoms with E-state index >= 15 is 0 Å². The number of nitrogens with one attached hydrogen (secondary N) is 2. The summed E-state index contributed by atoms with van der Waals surface area (Å²) in [7, 11) is 5.02. The summed E-state index contributed by atoms with van der Waals surface area (Å²) in [6.07, 6.45) is 8.66. The first kappa shape index (κ1) is 19.3. The number of quaternary nitrogens is 2. The van der Waals surface area contributed by atoms with Gasteiger partial charge in [-0.15, -0.1) is 0 Å². The van der Waals surface area contributed by atoms with Gasteiger partial charge in [-0.2, -0.15) is 0 Å². The fourth-order valence-corrected chi connectivity index (χ4v) is 4.72. The molecule has 2 aliphatic rings. The van der Waals surface area contributed by atoms with E-state index in [0.29, 0.717) is 5.75 Å². The number of rotatable bonds is 6. The van der Waals surface area contributed by atoms with Gasteiger partial charge < -0.3 is 24.0 Å². The average molecular weight is 365 g/mol. The lowest BCUT2D eigenvalue weighted by molar-refractivity contribution is -1.03. The predicted octanol–water partition coefficient (Wildman–Crippen LogP) is 0.719. The van der Waals surface area contributed by atoms with Crippen LogP contribution in [0.1, 0.15) is 44.1 Å². The molecule has 146 valence electrons. The topological polar surface area (TPSA) is 36.6 Å². The summed E-state index contributed by atoms with van der Waals surface area (Å²) in [5.74, 6) is 2.18. The summed E-state index contributed by atoms with van der Waals surface area (Å²) >= 11 is 0. The van der Waals surface area contributed by atoms with Crippen molar-refractivity contribution in [2.75, 3.05) is 47.5 Å². The summed E-state index contributed by atoms with van der Waals surface area (Å²) in [6, 6.07) is 5.11. The molecule has 0 bridgehead atoms. The van der Waals surface area contributed by atoms with Crippen molar-refractivity contribution in [3.8, 4) is 17.2 Å². The Labute approximate surface area is 158 Å². The van der Waals surface area contributed by atoms with Crippen molar-refractivity contribution in [2.24, 2.45) is 0 Å². The maximum absolute atomic E-state index is 5.50. The van der Waals surface area contributed by atoms with Gasteiger partial charge in [0, 0.05) is 5.56 Å². The number of hydrogen-bond acceptors (Lipinski definition) is 3. The molecule has 0 spiro atoms.